The second kappa shape index (κ2) is 14.2. The second-order valence-corrected chi connectivity index (χ2v) is 16.3. The van der Waals surface area contributed by atoms with Crippen LogP contribution in [0.15, 0.2) is 194 Å². The molecule has 4 nitrogen and oxygen atoms in total. The van der Waals surface area contributed by atoms with Crippen LogP contribution in [0, 0.1) is 34.0 Å². The lowest BCUT2D eigenvalue weighted by Gasteiger charge is -2.28. The molecule has 0 radical (unpaired) electrons. The van der Waals surface area contributed by atoms with Gasteiger partial charge in [-0.2, -0.15) is 15.8 Å². The van der Waals surface area contributed by atoms with Gasteiger partial charge in [0.15, 0.2) is 0 Å². The van der Waals surface area contributed by atoms with E-state index in [-0.39, 0.29) is 0 Å². The molecule has 2 aliphatic heterocycles. The summed E-state index contributed by atoms with van der Waals surface area (Å²) in [6.45, 7) is -1.14. The number of benzene rings is 9. The molecule has 0 atom stereocenters. The molecule has 0 unspecified atom stereocenters. The van der Waals surface area contributed by atoms with E-state index in [1.165, 1.54) is 0 Å². The summed E-state index contributed by atoms with van der Waals surface area (Å²) in [6.07, 6.45) is 0. The van der Waals surface area contributed by atoms with E-state index in [2.05, 4.69) is 168 Å². The lowest BCUT2D eigenvalue weighted by Crippen LogP contribution is -2.61. The highest BCUT2D eigenvalue weighted by molar-refractivity contribution is 7.01. The highest BCUT2D eigenvalue weighted by atomic mass is 15.0. The fourth-order valence-corrected chi connectivity index (χ4v) is 10.9. The third kappa shape index (κ3) is 5.15. The molecule has 0 amide bonds. The van der Waals surface area contributed by atoms with Crippen LogP contribution in [0.5, 0.6) is 0 Å². The molecule has 0 spiro atoms. The normalized spacial score (nSPS) is 12.0. The van der Waals surface area contributed by atoms with E-state index in [0.29, 0.717) is 33.3 Å². The van der Waals surface area contributed by atoms with Crippen LogP contribution in [0.3, 0.4) is 0 Å². The van der Waals surface area contributed by atoms with Crippen LogP contribution in [0.2, 0.25) is 0 Å². The summed E-state index contributed by atoms with van der Waals surface area (Å²) >= 11 is 0. The van der Waals surface area contributed by atoms with Crippen LogP contribution in [0.25, 0.3) is 72.0 Å². The molecule has 0 aliphatic carbocycles. The number of nitriles is 3. The Labute approximate surface area is 366 Å². The highest BCUT2D eigenvalue weighted by Gasteiger charge is 2.42. The first-order valence-corrected chi connectivity index (χ1v) is 21.2. The monoisotopic (exact) mass is 794 g/mol. The fraction of sp³-hybridized carbons (Fsp3) is 0. The molecule has 0 saturated heterocycles. The van der Waals surface area contributed by atoms with Gasteiger partial charge in [-0.05, 0) is 67.6 Å². The third-order valence-corrected chi connectivity index (χ3v) is 13.4. The van der Waals surface area contributed by atoms with E-state index in [9.17, 15) is 15.8 Å². The predicted molar refractivity (Wildman–Crippen MR) is 259 cm³/mol. The Bertz CT molecular complexity index is 3350. The molecule has 12 rings (SSSR count). The molecule has 2 aliphatic rings. The van der Waals surface area contributed by atoms with E-state index < -0.39 is 13.4 Å². The SMILES string of the molecule is N#Cc1c(B2c3ccccc3-c3ccccc3-c3ccccc32)c(C#N)c(-n2c3ccccc3c3ccccc32)c(C#N)c1B1c2ccccc2-c2ccccc2-c2ccccc21. The first-order chi connectivity index (χ1) is 31.2. The van der Waals surface area contributed by atoms with Gasteiger partial charge >= 0.3 is 0 Å². The van der Waals surface area contributed by atoms with Gasteiger partial charge in [0.1, 0.15) is 12.1 Å². The van der Waals surface area contributed by atoms with Gasteiger partial charge in [0.2, 0.25) is 13.4 Å². The number of hydrogen-bond donors (Lipinski definition) is 0. The molecule has 0 N–H and O–H groups in total. The van der Waals surface area contributed by atoms with Crippen LogP contribution in [-0.4, -0.2) is 18.0 Å². The molecule has 286 valence electrons. The molecule has 0 saturated carbocycles. The second-order valence-electron chi connectivity index (χ2n) is 16.3. The minimum Gasteiger partial charge on any atom is -0.307 e. The Hall–Kier alpha value is -8.62. The number of nitrogens with zero attached hydrogens (tertiary/aromatic N) is 4. The average Bonchev–Trinajstić information content (AvgIpc) is 3.54. The zero-order valence-electron chi connectivity index (χ0n) is 33.9. The van der Waals surface area contributed by atoms with Crippen molar-refractivity contribution in [1.82, 2.24) is 4.57 Å². The Balaban J connectivity index is 1.33. The average molecular weight is 795 g/mol. The minimum absolute atomic E-state index is 0.303. The number of rotatable bonds is 3. The van der Waals surface area contributed by atoms with E-state index >= 15 is 0 Å². The van der Waals surface area contributed by atoms with Gasteiger partial charge in [0.05, 0.1) is 33.9 Å². The van der Waals surface area contributed by atoms with E-state index in [4.69, 9.17) is 0 Å². The van der Waals surface area contributed by atoms with Gasteiger partial charge < -0.3 is 4.57 Å². The van der Waals surface area contributed by atoms with Crippen molar-refractivity contribution in [2.24, 2.45) is 0 Å². The first-order valence-electron chi connectivity index (χ1n) is 21.2. The Morgan fingerprint density at radius 1 is 0.302 bits per heavy atom. The van der Waals surface area contributed by atoms with Gasteiger partial charge in [0, 0.05) is 16.3 Å². The quantitative estimate of drug-likeness (QED) is 0.168. The maximum absolute atomic E-state index is 12.1. The number of aromatic nitrogens is 1. The van der Waals surface area contributed by atoms with Crippen molar-refractivity contribution in [1.29, 1.82) is 15.8 Å². The van der Waals surface area contributed by atoms with Crippen molar-refractivity contribution < 1.29 is 0 Å². The van der Waals surface area contributed by atoms with Crippen molar-refractivity contribution in [3.8, 4) is 68.4 Å². The Kier molecular flexibility index (Phi) is 8.20. The zero-order chi connectivity index (χ0) is 42.2. The van der Waals surface area contributed by atoms with Crippen LogP contribution in [0.4, 0.5) is 0 Å². The summed E-state index contributed by atoms with van der Waals surface area (Å²) in [5.41, 5.74) is 16.8. The van der Waals surface area contributed by atoms with Crippen LogP contribution < -0.4 is 32.8 Å². The Morgan fingerprint density at radius 3 is 0.889 bits per heavy atom. The van der Waals surface area contributed by atoms with Gasteiger partial charge in [-0.25, -0.2) is 0 Å². The summed E-state index contributed by atoms with van der Waals surface area (Å²) in [7, 11) is 0. The molecule has 0 fully saturated rings. The van der Waals surface area contributed by atoms with E-state index in [1.807, 2.05) is 48.5 Å². The largest absolute Gasteiger partial charge is 0.307 e. The molecule has 63 heavy (non-hydrogen) atoms. The molecular weight excluding hydrogens is 762 g/mol. The van der Waals surface area contributed by atoms with Gasteiger partial charge in [-0.3, -0.25) is 0 Å². The summed E-state index contributed by atoms with van der Waals surface area (Å²) in [5.74, 6) is 0. The third-order valence-electron chi connectivity index (χ3n) is 13.4. The van der Waals surface area contributed by atoms with Crippen molar-refractivity contribution in [2.75, 3.05) is 0 Å². The molecular formula is C57H32B2N4. The smallest absolute Gasteiger partial charge is 0.246 e. The minimum atomic E-state index is -0.569. The lowest BCUT2D eigenvalue weighted by atomic mass is 9.30. The molecule has 10 aromatic rings. The number of para-hydroxylation sites is 2. The van der Waals surface area contributed by atoms with Crippen molar-refractivity contribution in [2.45, 2.75) is 0 Å². The van der Waals surface area contributed by atoms with Crippen LogP contribution >= 0.6 is 0 Å². The fourth-order valence-electron chi connectivity index (χ4n) is 10.9. The van der Waals surface area contributed by atoms with Crippen molar-refractivity contribution >= 4 is 68.0 Å². The summed E-state index contributed by atoms with van der Waals surface area (Å²) in [5, 5.41) is 38.0. The van der Waals surface area contributed by atoms with Crippen molar-refractivity contribution in [3.05, 3.63) is 211 Å². The number of fused-ring (bicyclic) bond motifs is 13. The van der Waals surface area contributed by atoms with Gasteiger partial charge in [0.25, 0.3) is 0 Å². The van der Waals surface area contributed by atoms with Crippen LogP contribution in [0.1, 0.15) is 16.7 Å². The standard InChI is InChI=1S/C57H32B2N4/c60-33-46-55(58-49-27-11-5-21-40(49)36-17-1-2-18-37(36)41-22-6-12-28-50(41)58)47(34-61)57(63-53-31-15-9-25-44(53)45-26-10-16-32-54(45)63)48(35-62)56(46)59-51-29-13-7-23-42(51)38-19-3-4-20-39(38)43-24-8-14-30-52(43)59/h1-32H. The van der Waals surface area contributed by atoms with Crippen LogP contribution in [-0.2, 0) is 0 Å². The zero-order valence-corrected chi connectivity index (χ0v) is 33.9. The van der Waals surface area contributed by atoms with E-state index in [0.717, 1.165) is 88.2 Å². The highest BCUT2D eigenvalue weighted by Crippen LogP contribution is 2.38. The van der Waals surface area contributed by atoms with Gasteiger partial charge in [-0.1, -0.05) is 204 Å². The maximum Gasteiger partial charge on any atom is 0.246 e. The molecule has 3 heterocycles. The van der Waals surface area contributed by atoms with E-state index in [1.54, 1.807) is 0 Å². The maximum atomic E-state index is 12.1. The topological polar surface area (TPSA) is 76.3 Å². The molecule has 0 bridgehead atoms. The summed E-state index contributed by atoms with van der Waals surface area (Å²) in [6, 6.07) is 75.1. The first kappa shape index (κ1) is 36.2. The lowest BCUT2D eigenvalue weighted by molar-refractivity contribution is 1.16. The van der Waals surface area contributed by atoms with Gasteiger partial charge in [-0.15, -0.1) is 0 Å². The predicted octanol–water partition coefficient (Wildman–Crippen LogP) is 8.73. The number of hydrogen-bond acceptors (Lipinski definition) is 3. The van der Waals surface area contributed by atoms with Crippen molar-refractivity contribution in [3.63, 3.8) is 0 Å². The summed E-state index contributed by atoms with van der Waals surface area (Å²) < 4.78 is 2.11. The molecule has 6 heteroatoms. The summed E-state index contributed by atoms with van der Waals surface area (Å²) in [4.78, 5) is 0. The Morgan fingerprint density at radius 2 is 0.571 bits per heavy atom. The molecule has 1 aromatic heterocycles. The molecule has 9 aromatic carbocycles.